The summed E-state index contributed by atoms with van der Waals surface area (Å²) in [5, 5.41) is 0. The molecule has 6 aliphatic rings. The van der Waals surface area contributed by atoms with Crippen molar-refractivity contribution >= 4 is 11.9 Å². The van der Waals surface area contributed by atoms with Crippen LogP contribution < -0.4 is 0 Å². The van der Waals surface area contributed by atoms with Crippen LogP contribution in [0.15, 0.2) is 46.5 Å². The van der Waals surface area contributed by atoms with Gasteiger partial charge in [0.1, 0.15) is 11.5 Å². The number of ether oxygens (including phenoxy) is 3. The fourth-order valence-corrected chi connectivity index (χ4v) is 7.10. The highest BCUT2D eigenvalue weighted by molar-refractivity contribution is 6.00. The molecule has 5 nitrogen and oxygen atoms in total. The Kier molecular flexibility index (Phi) is 5.43. The molecule has 4 aliphatic carbocycles. The number of allylic oxidation sites excluding steroid dienone is 5. The zero-order valence-electron chi connectivity index (χ0n) is 19.5. The molecule has 32 heavy (non-hydrogen) atoms. The first-order chi connectivity index (χ1) is 15.5. The first kappa shape index (κ1) is 21.7. The van der Waals surface area contributed by atoms with Crippen LogP contribution in [0.2, 0.25) is 0 Å². The van der Waals surface area contributed by atoms with Crippen LogP contribution >= 0.6 is 0 Å². The number of carbonyl (C=O) groups is 2. The zero-order valence-corrected chi connectivity index (χ0v) is 19.5. The van der Waals surface area contributed by atoms with Gasteiger partial charge in [0.05, 0.1) is 5.41 Å². The van der Waals surface area contributed by atoms with Crippen LogP contribution in [0.4, 0.5) is 0 Å². The summed E-state index contributed by atoms with van der Waals surface area (Å²) in [6.07, 6.45) is 14.7. The van der Waals surface area contributed by atoms with Crippen molar-refractivity contribution in [2.45, 2.75) is 71.6 Å². The SMILES string of the molecule is CCCC=C1OC(=O)C2=C1CCC1C2C23CCC1(CCOC)C=C2C(=O)OC3=CCCC. The van der Waals surface area contributed by atoms with Crippen molar-refractivity contribution in [3.8, 4) is 0 Å². The van der Waals surface area contributed by atoms with Crippen LogP contribution in [0.5, 0.6) is 0 Å². The van der Waals surface area contributed by atoms with Crippen molar-refractivity contribution < 1.29 is 23.8 Å². The van der Waals surface area contributed by atoms with Gasteiger partial charge in [-0.05, 0) is 68.4 Å². The Morgan fingerprint density at radius 3 is 2.62 bits per heavy atom. The summed E-state index contributed by atoms with van der Waals surface area (Å²) < 4.78 is 17.2. The molecule has 0 aromatic carbocycles. The Morgan fingerprint density at radius 1 is 1.09 bits per heavy atom. The van der Waals surface area contributed by atoms with Crippen LogP contribution in [0, 0.1) is 22.7 Å². The maximum absolute atomic E-state index is 13.3. The van der Waals surface area contributed by atoms with E-state index in [4.69, 9.17) is 14.2 Å². The third-order valence-corrected chi connectivity index (χ3v) is 8.50. The van der Waals surface area contributed by atoms with E-state index in [0.29, 0.717) is 6.61 Å². The number of esters is 2. The highest BCUT2D eigenvalue weighted by Gasteiger charge is 2.69. The van der Waals surface area contributed by atoms with Gasteiger partial charge < -0.3 is 14.2 Å². The number of fused-ring (bicyclic) bond motifs is 1. The van der Waals surface area contributed by atoms with E-state index in [1.54, 1.807) is 7.11 Å². The van der Waals surface area contributed by atoms with E-state index in [9.17, 15) is 9.59 Å². The molecule has 2 fully saturated rings. The first-order valence-electron chi connectivity index (χ1n) is 12.3. The lowest BCUT2D eigenvalue weighted by Gasteiger charge is -2.60. The van der Waals surface area contributed by atoms with Gasteiger partial charge >= 0.3 is 11.9 Å². The molecule has 1 saturated carbocycles. The molecule has 0 N–H and O–H groups in total. The lowest BCUT2D eigenvalue weighted by molar-refractivity contribution is -0.136. The third kappa shape index (κ3) is 2.86. The second-order valence-corrected chi connectivity index (χ2v) is 10.0. The van der Waals surface area contributed by atoms with E-state index >= 15 is 0 Å². The third-order valence-electron chi connectivity index (χ3n) is 8.50. The Labute approximate surface area is 190 Å². The van der Waals surface area contributed by atoms with Crippen molar-refractivity contribution in [3.05, 3.63) is 46.5 Å². The summed E-state index contributed by atoms with van der Waals surface area (Å²) in [5.41, 5.74) is 2.01. The van der Waals surface area contributed by atoms with Gasteiger partial charge in [0.15, 0.2) is 0 Å². The molecule has 4 unspecified atom stereocenters. The zero-order chi connectivity index (χ0) is 22.5. The van der Waals surface area contributed by atoms with Crippen molar-refractivity contribution in [3.63, 3.8) is 0 Å². The molecule has 0 aromatic heterocycles. The number of rotatable bonds is 7. The summed E-state index contributed by atoms with van der Waals surface area (Å²) in [6.45, 7) is 4.90. The van der Waals surface area contributed by atoms with E-state index in [1.807, 2.05) is 0 Å². The molecule has 0 radical (unpaired) electrons. The molecule has 0 amide bonds. The van der Waals surface area contributed by atoms with Crippen LogP contribution in [0.3, 0.4) is 0 Å². The van der Waals surface area contributed by atoms with E-state index in [0.717, 1.165) is 86.0 Å². The standard InChI is InChI=1S/C27H34O5/c1-4-6-8-20-17-10-11-18-23(22(17)25(29)31-20)27-13-12-26(18,14-15-30-3)16-19(27)24(28)32-21(27)9-7-5-2/h8-9,16,18,23H,4-7,10-15H2,1-3H3. The van der Waals surface area contributed by atoms with Gasteiger partial charge in [0.2, 0.25) is 0 Å². The van der Waals surface area contributed by atoms with Gasteiger partial charge in [-0.3, -0.25) is 0 Å². The normalized spacial score (nSPS) is 37.4. The number of cyclic esters (lactones) is 2. The summed E-state index contributed by atoms with van der Waals surface area (Å²) in [4.78, 5) is 26.4. The van der Waals surface area contributed by atoms with Crippen molar-refractivity contribution in [2.75, 3.05) is 13.7 Å². The predicted molar refractivity (Wildman–Crippen MR) is 120 cm³/mol. The monoisotopic (exact) mass is 438 g/mol. The van der Waals surface area contributed by atoms with Gasteiger partial charge in [-0.2, -0.15) is 0 Å². The molecule has 172 valence electrons. The number of hydrogen-bond acceptors (Lipinski definition) is 5. The lowest BCUT2D eigenvalue weighted by atomic mass is 9.41. The highest BCUT2D eigenvalue weighted by atomic mass is 16.5. The average Bonchev–Trinajstić information content (AvgIpc) is 3.29. The van der Waals surface area contributed by atoms with Crippen molar-refractivity contribution in [1.82, 2.24) is 0 Å². The smallest absolute Gasteiger partial charge is 0.340 e. The fourth-order valence-electron chi connectivity index (χ4n) is 7.10. The molecule has 1 saturated heterocycles. The minimum absolute atomic E-state index is 0.0635. The molecule has 2 bridgehead atoms. The maximum Gasteiger partial charge on any atom is 0.340 e. The Hall–Kier alpha value is -2.14. The van der Waals surface area contributed by atoms with E-state index in [-0.39, 0.29) is 29.2 Å². The molecule has 5 heteroatoms. The Bertz CT molecular complexity index is 967. The second-order valence-electron chi connectivity index (χ2n) is 10.0. The van der Waals surface area contributed by atoms with Crippen LogP contribution in [-0.2, 0) is 23.8 Å². The van der Waals surface area contributed by atoms with Gasteiger partial charge in [-0.1, -0.05) is 32.8 Å². The van der Waals surface area contributed by atoms with Crippen LogP contribution in [-0.4, -0.2) is 25.7 Å². The minimum Gasteiger partial charge on any atom is -0.427 e. The summed E-state index contributed by atoms with van der Waals surface area (Å²) in [5.74, 6) is 1.31. The van der Waals surface area contributed by atoms with Crippen molar-refractivity contribution in [2.24, 2.45) is 22.7 Å². The minimum atomic E-state index is -0.522. The van der Waals surface area contributed by atoms with E-state index in [2.05, 4.69) is 32.1 Å². The quantitative estimate of drug-likeness (QED) is 0.489. The summed E-state index contributed by atoms with van der Waals surface area (Å²) >= 11 is 0. The average molecular weight is 439 g/mol. The Balaban J connectivity index is 1.70. The number of methoxy groups -OCH3 is 1. The van der Waals surface area contributed by atoms with Gasteiger partial charge in [0.25, 0.3) is 0 Å². The number of hydrogen-bond donors (Lipinski definition) is 0. The lowest BCUT2D eigenvalue weighted by Crippen LogP contribution is -2.56. The van der Waals surface area contributed by atoms with Crippen LogP contribution in [0.1, 0.15) is 71.6 Å². The second kappa shape index (κ2) is 8.02. The number of carbonyl (C=O) groups excluding carboxylic acids is 2. The summed E-state index contributed by atoms with van der Waals surface area (Å²) in [7, 11) is 1.73. The van der Waals surface area contributed by atoms with Crippen molar-refractivity contribution in [1.29, 1.82) is 0 Å². The molecule has 4 atom stereocenters. The fraction of sp³-hybridized carbons (Fsp3) is 0.630. The molecular formula is C27H34O5. The van der Waals surface area contributed by atoms with Crippen LogP contribution in [0.25, 0.3) is 0 Å². The first-order valence-corrected chi connectivity index (χ1v) is 12.3. The largest absolute Gasteiger partial charge is 0.427 e. The highest BCUT2D eigenvalue weighted by Crippen LogP contribution is 2.72. The summed E-state index contributed by atoms with van der Waals surface area (Å²) in [6, 6.07) is 0. The van der Waals surface area contributed by atoms with Gasteiger partial charge in [0, 0.05) is 36.4 Å². The molecular weight excluding hydrogens is 404 g/mol. The molecule has 2 heterocycles. The van der Waals surface area contributed by atoms with E-state index in [1.165, 1.54) is 0 Å². The molecule has 6 rings (SSSR count). The Morgan fingerprint density at radius 2 is 1.88 bits per heavy atom. The molecule has 0 aromatic rings. The van der Waals surface area contributed by atoms with E-state index < -0.39 is 5.41 Å². The topological polar surface area (TPSA) is 61.8 Å². The molecule has 2 aliphatic heterocycles. The maximum atomic E-state index is 13.3. The van der Waals surface area contributed by atoms with Gasteiger partial charge in [-0.25, -0.2) is 9.59 Å². The van der Waals surface area contributed by atoms with Gasteiger partial charge in [-0.15, -0.1) is 0 Å². The predicted octanol–water partition coefficient (Wildman–Crippen LogP) is 5.53. The number of unbranched alkanes of at least 4 members (excludes halogenated alkanes) is 2. The molecule has 1 spiro atoms.